The first-order chi connectivity index (χ1) is 8.75. The molecule has 1 rings (SSSR count). The zero-order chi connectivity index (χ0) is 14.7. The third kappa shape index (κ3) is 3.84. The number of nitrogens with zero attached hydrogens (tertiary/aromatic N) is 1. The van der Waals surface area contributed by atoms with Gasteiger partial charge in [-0.3, -0.25) is 4.79 Å². The van der Waals surface area contributed by atoms with E-state index in [4.69, 9.17) is 0 Å². The Balaban J connectivity index is 2.74. The van der Waals surface area contributed by atoms with E-state index in [9.17, 15) is 4.79 Å². The van der Waals surface area contributed by atoms with Crippen LogP contribution in [0.25, 0.3) is 0 Å². The van der Waals surface area contributed by atoms with Crippen LogP contribution in [-0.4, -0.2) is 23.9 Å². The number of rotatable bonds is 4. The average molecular weight is 265 g/mol. The summed E-state index contributed by atoms with van der Waals surface area (Å²) in [7, 11) is 1.98. The first-order valence-electron chi connectivity index (χ1n) is 7.69. The lowest BCUT2D eigenvalue weighted by molar-refractivity contribution is -0.129. The van der Waals surface area contributed by atoms with Crippen molar-refractivity contribution in [3.05, 3.63) is 11.6 Å². The number of carbonyl (C=O) groups is 1. The lowest BCUT2D eigenvalue weighted by atomic mass is 9.95. The fourth-order valence-electron chi connectivity index (χ4n) is 3.44. The van der Waals surface area contributed by atoms with E-state index in [0.29, 0.717) is 23.8 Å². The van der Waals surface area contributed by atoms with Crippen LogP contribution in [0.2, 0.25) is 0 Å². The van der Waals surface area contributed by atoms with Crippen LogP contribution in [0.1, 0.15) is 54.4 Å². The summed E-state index contributed by atoms with van der Waals surface area (Å²) in [6.45, 7) is 13.2. The molecule has 4 atom stereocenters. The summed E-state index contributed by atoms with van der Waals surface area (Å²) in [5.41, 5.74) is 0.898. The van der Waals surface area contributed by atoms with Gasteiger partial charge in [0.2, 0.25) is 5.91 Å². The van der Waals surface area contributed by atoms with Crippen molar-refractivity contribution in [2.75, 3.05) is 7.05 Å². The lowest BCUT2D eigenvalue weighted by Crippen LogP contribution is -2.42. The number of amides is 1. The highest BCUT2D eigenvalue weighted by atomic mass is 16.2. The SMILES string of the molecule is CC(=CCC(C)C)C(=O)N(C)C1C(C)CC(C)C1C. The lowest BCUT2D eigenvalue weighted by Gasteiger charge is -2.32. The van der Waals surface area contributed by atoms with E-state index >= 15 is 0 Å². The number of likely N-dealkylation sites (N-methyl/N-ethyl adjacent to an activating group) is 1. The van der Waals surface area contributed by atoms with Crippen LogP contribution in [0.3, 0.4) is 0 Å². The van der Waals surface area contributed by atoms with Crippen molar-refractivity contribution in [1.82, 2.24) is 4.90 Å². The molecule has 0 aromatic carbocycles. The van der Waals surface area contributed by atoms with Crippen LogP contribution in [0.5, 0.6) is 0 Å². The number of carbonyl (C=O) groups excluding carboxylic acids is 1. The molecule has 0 heterocycles. The Bertz CT molecular complexity index is 345. The monoisotopic (exact) mass is 265 g/mol. The van der Waals surface area contributed by atoms with Gasteiger partial charge in [0.1, 0.15) is 0 Å². The van der Waals surface area contributed by atoms with E-state index in [2.05, 4.69) is 40.7 Å². The summed E-state index contributed by atoms with van der Waals surface area (Å²) >= 11 is 0. The highest BCUT2D eigenvalue weighted by Crippen LogP contribution is 2.38. The maximum absolute atomic E-state index is 12.5. The number of allylic oxidation sites excluding steroid dienone is 1. The Hall–Kier alpha value is -0.790. The molecule has 0 spiro atoms. The molecular weight excluding hydrogens is 234 g/mol. The van der Waals surface area contributed by atoms with Crippen molar-refractivity contribution >= 4 is 5.91 Å². The summed E-state index contributed by atoms with van der Waals surface area (Å²) in [4.78, 5) is 14.5. The average Bonchev–Trinajstić information content (AvgIpc) is 2.58. The Labute approximate surface area is 119 Å². The van der Waals surface area contributed by atoms with Gasteiger partial charge in [0.15, 0.2) is 0 Å². The first kappa shape index (κ1) is 16.3. The minimum Gasteiger partial charge on any atom is -0.338 e. The normalized spacial score (nSPS) is 31.9. The van der Waals surface area contributed by atoms with Crippen LogP contribution < -0.4 is 0 Å². The van der Waals surface area contributed by atoms with E-state index < -0.39 is 0 Å². The van der Waals surface area contributed by atoms with Gasteiger partial charge in [0.25, 0.3) is 0 Å². The van der Waals surface area contributed by atoms with Crippen LogP contribution in [0.4, 0.5) is 0 Å². The Morgan fingerprint density at radius 3 is 2.26 bits per heavy atom. The summed E-state index contributed by atoms with van der Waals surface area (Å²) in [6, 6.07) is 0.393. The summed E-state index contributed by atoms with van der Waals surface area (Å²) in [5.74, 6) is 2.74. The second-order valence-electron chi connectivity index (χ2n) is 6.97. The molecule has 1 amide bonds. The summed E-state index contributed by atoms with van der Waals surface area (Å²) in [6.07, 6.45) is 4.31. The number of hydrogen-bond acceptors (Lipinski definition) is 1. The Morgan fingerprint density at radius 2 is 1.84 bits per heavy atom. The molecule has 0 aromatic rings. The zero-order valence-electron chi connectivity index (χ0n) is 13.7. The second kappa shape index (κ2) is 6.58. The topological polar surface area (TPSA) is 20.3 Å². The fourth-order valence-corrected chi connectivity index (χ4v) is 3.44. The van der Waals surface area contributed by atoms with Crippen molar-refractivity contribution in [3.63, 3.8) is 0 Å². The molecule has 1 saturated carbocycles. The maximum Gasteiger partial charge on any atom is 0.249 e. The van der Waals surface area contributed by atoms with E-state index in [-0.39, 0.29) is 5.91 Å². The van der Waals surface area contributed by atoms with Gasteiger partial charge in [-0.15, -0.1) is 0 Å². The Morgan fingerprint density at radius 1 is 1.26 bits per heavy atom. The predicted octanol–water partition coefficient (Wildman–Crippen LogP) is 4.12. The molecule has 1 aliphatic carbocycles. The molecule has 0 radical (unpaired) electrons. The quantitative estimate of drug-likeness (QED) is 0.700. The molecule has 0 N–H and O–H groups in total. The highest BCUT2D eigenvalue weighted by Gasteiger charge is 2.39. The molecule has 0 aromatic heterocycles. The molecule has 2 heteroatoms. The van der Waals surface area contributed by atoms with E-state index in [0.717, 1.165) is 17.9 Å². The molecule has 2 nitrogen and oxygen atoms in total. The minimum absolute atomic E-state index is 0.207. The molecule has 0 saturated heterocycles. The minimum atomic E-state index is 0.207. The van der Waals surface area contributed by atoms with Gasteiger partial charge in [-0.2, -0.15) is 0 Å². The molecule has 0 aliphatic heterocycles. The van der Waals surface area contributed by atoms with Crippen LogP contribution >= 0.6 is 0 Å². The molecule has 110 valence electrons. The first-order valence-corrected chi connectivity index (χ1v) is 7.69. The van der Waals surface area contributed by atoms with Crippen molar-refractivity contribution < 1.29 is 4.79 Å². The van der Waals surface area contributed by atoms with E-state index in [1.54, 1.807) is 0 Å². The highest BCUT2D eigenvalue weighted by molar-refractivity contribution is 5.92. The van der Waals surface area contributed by atoms with Gasteiger partial charge < -0.3 is 4.90 Å². The molecule has 4 unspecified atom stereocenters. The van der Waals surface area contributed by atoms with E-state index in [1.165, 1.54) is 6.42 Å². The van der Waals surface area contributed by atoms with Gasteiger partial charge in [-0.1, -0.05) is 40.7 Å². The van der Waals surface area contributed by atoms with Crippen molar-refractivity contribution in [3.8, 4) is 0 Å². The van der Waals surface area contributed by atoms with Crippen molar-refractivity contribution in [2.24, 2.45) is 23.7 Å². The predicted molar refractivity (Wildman–Crippen MR) is 81.9 cm³/mol. The smallest absolute Gasteiger partial charge is 0.249 e. The third-order valence-corrected chi connectivity index (χ3v) is 4.76. The molecule has 1 aliphatic rings. The standard InChI is InChI=1S/C17H31NO/c1-11(2)8-9-12(3)17(19)18(7)16-14(5)10-13(4)15(16)6/h9,11,13-16H,8,10H2,1-7H3. The third-order valence-electron chi connectivity index (χ3n) is 4.76. The van der Waals surface area contributed by atoms with Gasteiger partial charge in [0.05, 0.1) is 0 Å². The molecular formula is C17H31NO. The summed E-state index contributed by atoms with van der Waals surface area (Å²) in [5, 5.41) is 0. The van der Waals surface area contributed by atoms with Gasteiger partial charge in [0, 0.05) is 18.7 Å². The maximum atomic E-state index is 12.5. The van der Waals surface area contributed by atoms with Crippen molar-refractivity contribution in [1.29, 1.82) is 0 Å². The zero-order valence-corrected chi connectivity index (χ0v) is 13.7. The van der Waals surface area contributed by atoms with Gasteiger partial charge in [-0.05, 0) is 43.4 Å². The van der Waals surface area contributed by atoms with E-state index in [1.807, 2.05) is 18.9 Å². The summed E-state index contributed by atoms with van der Waals surface area (Å²) < 4.78 is 0. The largest absolute Gasteiger partial charge is 0.338 e. The second-order valence-corrected chi connectivity index (χ2v) is 6.97. The van der Waals surface area contributed by atoms with Gasteiger partial charge >= 0.3 is 0 Å². The van der Waals surface area contributed by atoms with Crippen LogP contribution in [0, 0.1) is 23.7 Å². The van der Waals surface area contributed by atoms with Crippen LogP contribution in [-0.2, 0) is 4.79 Å². The molecule has 19 heavy (non-hydrogen) atoms. The molecule has 0 bridgehead atoms. The van der Waals surface area contributed by atoms with Gasteiger partial charge in [-0.25, -0.2) is 0 Å². The Kier molecular flexibility index (Phi) is 5.64. The fraction of sp³-hybridized carbons (Fsp3) is 0.824. The molecule has 1 fully saturated rings. The van der Waals surface area contributed by atoms with Crippen LogP contribution in [0.15, 0.2) is 11.6 Å². The van der Waals surface area contributed by atoms with Crippen molar-refractivity contribution in [2.45, 2.75) is 60.4 Å². The number of hydrogen-bond donors (Lipinski definition) is 0.